The van der Waals surface area contributed by atoms with Gasteiger partial charge >= 0.3 is 0 Å². The number of rotatable bonds is 8. The van der Waals surface area contributed by atoms with E-state index in [4.69, 9.17) is 15.2 Å². The average Bonchev–Trinajstić information content (AvgIpc) is 3.15. The molecule has 0 amide bonds. The lowest BCUT2D eigenvalue weighted by Crippen LogP contribution is -2.32. The Morgan fingerprint density at radius 2 is 1.93 bits per heavy atom. The van der Waals surface area contributed by atoms with Crippen molar-refractivity contribution < 1.29 is 14.6 Å². The molecule has 7 heteroatoms. The number of nitrogens with one attached hydrogen (secondary N) is 1. The van der Waals surface area contributed by atoms with Crippen LogP contribution in [0, 0.1) is 0 Å². The summed E-state index contributed by atoms with van der Waals surface area (Å²) in [5, 5.41) is 12.9. The molecule has 2 aromatic carbocycles. The van der Waals surface area contributed by atoms with Crippen molar-refractivity contribution in [1.29, 1.82) is 0 Å². The highest BCUT2D eigenvalue weighted by Gasteiger charge is 2.20. The highest BCUT2D eigenvalue weighted by Crippen LogP contribution is 2.27. The van der Waals surface area contributed by atoms with Crippen molar-refractivity contribution in [2.75, 3.05) is 27.3 Å². The summed E-state index contributed by atoms with van der Waals surface area (Å²) in [5.74, 6) is 1.76. The summed E-state index contributed by atoms with van der Waals surface area (Å²) in [6.45, 7) is 3.55. The smallest absolute Gasteiger partial charge is 0.189 e. The molecule has 1 fully saturated rings. The highest BCUT2D eigenvalue weighted by molar-refractivity contribution is 5.77. The molecule has 156 valence electrons. The molecule has 29 heavy (non-hydrogen) atoms. The number of aliphatic hydroxyl groups excluding tert-OH is 1. The molecular weight excluding hydrogens is 368 g/mol. The summed E-state index contributed by atoms with van der Waals surface area (Å²) in [6, 6.07) is 14.0. The first-order valence-corrected chi connectivity index (χ1v) is 9.81. The molecule has 0 aliphatic carbocycles. The molecule has 0 radical (unpaired) electrons. The first-order valence-electron chi connectivity index (χ1n) is 9.81. The number of β-amino-alcohol motifs (C(OH)–C–C–N with tert-alkyl or cyclic N) is 1. The van der Waals surface area contributed by atoms with E-state index in [0.717, 1.165) is 31.6 Å². The number of hydrogen-bond donors (Lipinski definition) is 3. The SMILES string of the molecule is COc1ccc(CN=C(N)NCc2ccccc2CN2CCC(O)C2)cc1OC. The van der Waals surface area contributed by atoms with E-state index in [-0.39, 0.29) is 6.10 Å². The first kappa shape index (κ1) is 21.0. The Bertz CT molecular complexity index is 841. The molecule has 7 nitrogen and oxygen atoms in total. The topological polar surface area (TPSA) is 92.3 Å². The predicted octanol–water partition coefficient (Wildman–Crippen LogP) is 1.87. The number of nitrogens with two attached hydrogens (primary N) is 1. The largest absolute Gasteiger partial charge is 0.493 e. The van der Waals surface area contributed by atoms with Crippen LogP contribution in [0.3, 0.4) is 0 Å². The van der Waals surface area contributed by atoms with Gasteiger partial charge in [0, 0.05) is 26.2 Å². The van der Waals surface area contributed by atoms with Crippen LogP contribution in [0.15, 0.2) is 47.5 Å². The van der Waals surface area contributed by atoms with Crippen molar-refractivity contribution in [3.05, 3.63) is 59.2 Å². The molecule has 1 heterocycles. The molecule has 0 spiro atoms. The fourth-order valence-corrected chi connectivity index (χ4v) is 3.48. The van der Waals surface area contributed by atoms with Gasteiger partial charge in [0.2, 0.25) is 0 Å². The molecule has 4 N–H and O–H groups in total. The van der Waals surface area contributed by atoms with Crippen LogP contribution in [0.1, 0.15) is 23.1 Å². The number of ether oxygens (including phenoxy) is 2. The van der Waals surface area contributed by atoms with Gasteiger partial charge in [0.1, 0.15) is 0 Å². The third-order valence-electron chi connectivity index (χ3n) is 5.10. The van der Waals surface area contributed by atoms with Crippen molar-refractivity contribution in [1.82, 2.24) is 10.2 Å². The minimum atomic E-state index is -0.209. The number of methoxy groups -OCH3 is 2. The predicted molar refractivity (Wildman–Crippen MR) is 114 cm³/mol. The Morgan fingerprint density at radius 3 is 2.62 bits per heavy atom. The third kappa shape index (κ3) is 5.85. The van der Waals surface area contributed by atoms with Crippen LogP contribution in [0.5, 0.6) is 11.5 Å². The molecule has 2 aromatic rings. The van der Waals surface area contributed by atoms with E-state index < -0.39 is 0 Å². The lowest BCUT2D eigenvalue weighted by Gasteiger charge is -2.18. The van der Waals surface area contributed by atoms with Gasteiger partial charge in [-0.1, -0.05) is 30.3 Å². The minimum absolute atomic E-state index is 0.209. The van der Waals surface area contributed by atoms with Gasteiger partial charge in [-0.05, 0) is 35.2 Å². The van der Waals surface area contributed by atoms with Gasteiger partial charge in [-0.25, -0.2) is 4.99 Å². The number of guanidine groups is 1. The highest BCUT2D eigenvalue weighted by atomic mass is 16.5. The van der Waals surface area contributed by atoms with Crippen LogP contribution >= 0.6 is 0 Å². The van der Waals surface area contributed by atoms with Gasteiger partial charge in [0.05, 0.1) is 26.9 Å². The maximum absolute atomic E-state index is 9.74. The van der Waals surface area contributed by atoms with Crippen molar-refractivity contribution >= 4 is 5.96 Å². The number of nitrogens with zero attached hydrogens (tertiary/aromatic N) is 2. The van der Waals surface area contributed by atoms with Crippen LogP contribution in [-0.2, 0) is 19.6 Å². The van der Waals surface area contributed by atoms with Gasteiger partial charge in [0.15, 0.2) is 17.5 Å². The molecule has 1 aliphatic heterocycles. The molecule has 1 saturated heterocycles. The fraction of sp³-hybridized carbons (Fsp3) is 0.409. The zero-order chi connectivity index (χ0) is 20.6. The van der Waals surface area contributed by atoms with E-state index in [9.17, 15) is 5.11 Å². The Kier molecular flexibility index (Phi) is 7.32. The number of hydrogen-bond acceptors (Lipinski definition) is 5. The molecule has 0 bridgehead atoms. The monoisotopic (exact) mass is 398 g/mol. The van der Waals surface area contributed by atoms with Crippen LogP contribution < -0.4 is 20.5 Å². The Hall–Kier alpha value is -2.77. The zero-order valence-corrected chi connectivity index (χ0v) is 17.1. The summed E-state index contributed by atoms with van der Waals surface area (Å²) in [6.07, 6.45) is 0.635. The maximum atomic E-state index is 9.74. The second-order valence-corrected chi connectivity index (χ2v) is 7.19. The molecule has 0 saturated carbocycles. The van der Waals surface area contributed by atoms with Gasteiger partial charge in [0.25, 0.3) is 0 Å². The standard InChI is InChI=1S/C22H30N4O3/c1-28-20-8-7-16(11-21(20)29-2)12-24-22(23)25-13-17-5-3-4-6-18(17)14-26-10-9-19(27)15-26/h3-8,11,19,27H,9-10,12-15H2,1-2H3,(H3,23,24,25). The zero-order valence-electron chi connectivity index (χ0n) is 17.1. The lowest BCUT2D eigenvalue weighted by molar-refractivity contribution is 0.174. The summed E-state index contributed by atoms with van der Waals surface area (Å²) in [5.41, 5.74) is 9.47. The van der Waals surface area contributed by atoms with E-state index in [2.05, 4.69) is 27.3 Å². The van der Waals surface area contributed by atoms with Crippen molar-refractivity contribution in [2.24, 2.45) is 10.7 Å². The summed E-state index contributed by atoms with van der Waals surface area (Å²) in [7, 11) is 3.22. The summed E-state index contributed by atoms with van der Waals surface area (Å²) in [4.78, 5) is 6.70. The van der Waals surface area contributed by atoms with E-state index in [1.807, 2.05) is 30.3 Å². The van der Waals surface area contributed by atoms with Gasteiger partial charge in [-0.3, -0.25) is 4.90 Å². The van der Waals surface area contributed by atoms with Crippen LogP contribution in [0.2, 0.25) is 0 Å². The van der Waals surface area contributed by atoms with Gasteiger partial charge in [-0.15, -0.1) is 0 Å². The molecule has 1 unspecified atom stereocenters. The third-order valence-corrected chi connectivity index (χ3v) is 5.10. The second kappa shape index (κ2) is 10.1. The molecule has 3 rings (SSSR count). The van der Waals surface area contributed by atoms with Crippen molar-refractivity contribution in [2.45, 2.75) is 32.2 Å². The normalized spacial score (nSPS) is 17.3. The molecule has 0 aromatic heterocycles. The Labute approximate surface area is 172 Å². The van der Waals surface area contributed by atoms with Crippen molar-refractivity contribution in [3.8, 4) is 11.5 Å². The van der Waals surface area contributed by atoms with E-state index in [0.29, 0.717) is 30.5 Å². The molecular formula is C22H30N4O3. The fourth-order valence-electron chi connectivity index (χ4n) is 3.48. The number of aliphatic hydroxyl groups is 1. The number of likely N-dealkylation sites (tertiary alicyclic amines) is 1. The maximum Gasteiger partial charge on any atom is 0.189 e. The second-order valence-electron chi connectivity index (χ2n) is 7.19. The molecule has 1 aliphatic rings. The van der Waals surface area contributed by atoms with Gasteiger partial charge in [-0.2, -0.15) is 0 Å². The summed E-state index contributed by atoms with van der Waals surface area (Å²) < 4.78 is 10.6. The van der Waals surface area contributed by atoms with Crippen molar-refractivity contribution in [3.63, 3.8) is 0 Å². The van der Waals surface area contributed by atoms with E-state index >= 15 is 0 Å². The number of aliphatic imine (C=N–C) groups is 1. The summed E-state index contributed by atoms with van der Waals surface area (Å²) >= 11 is 0. The number of benzene rings is 2. The minimum Gasteiger partial charge on any atom is -0.493 e. The quantitative estimate of drug-likeness (QED) is 0.464. The Morgan fingerprint density at radius 1 is 1.17 bits per heavy atom. The Balaban J connectivity index is 1.57. The lowest BCUT2D eigenvalue weighted by atomic mass is 10.1. The van der Waals surface area contributed by atoms with Crippen LogP contribution in [-0.4, -0.2) is 49.4 Å². The van der Waals surface area contributed by atoms with Gasteiger partial charge < -0.3 is 25.6 Å². The van der Waals surface area contributed by atoms with Crippen LogP contribution in [0.4, 0.5) is 0 Å². The van der Waals surface area contributed by atoms with Crippen LogP contribution in [0.25, 0.3) is 0 Å². The average molecular weight is 399 g/mol. The molecule has 1 atom stereocenters. The van der Waals surface area contributed by atoms with E-state index in [1.54, 1.807) is 14.2 Å². The van der Waals surface area contributed by atoms with E-state index in [1.165, 1.54) is 11.1 Å². The first-order chi connectivity index (χ1) is 14.1.